The number of allylic oxidation sites excluding steroid dienone is 2. The maximum absolute atomic E-state index is 13.7. The topological polar surface area (TPSA) is 81.1 Å². The highest BCUT2D eigenvalue weighted by atomic mass is 32.2. The number of ether oxygens (including phenoxy) is 1. The molecule has 3 aromatic carbocycles. The van der Waals surface area contributed by atoms with E-state index in [-0.39, 0.29) is 5.91 Å². The number of para-hydroxylation sites is 2. The molecule has 0 radical (unpaired) electrons. The lowest BCUT2D eigenvalue weighted by molar-refractivity contribution is -0.113. The minimum Gasteiger partial charge on any atom is -0.492 e. The second kappa shape index (κ2) is 11.8. The summed E-state index contributed by atoms with van der Waals surface area (Å²) in [6, 6.07) is 27.2. The molecule has 2 N–H and O–H groups in total. The summed E-state index contributed by atoms with van der Waals surface area (Å²) >= 11 is 1.56. The van der Waals surface area contributed by atoms with Crippen LogP contribution in [0.3, 0.4) is 0 Å². The van der Waals surface area contributed by atoms with Crippen LogP contribution in [-0.2, 0) is 10.5 Å². The van der Waals surface area contributed by atoms with E-state index in [0.717, 1.165) is 17.0 Å². The molecular formula is C30H29N5O2S. The summed E-state index contributed by atoms with van der Waals surface area (Å²) in [5.74, 6) is 1.75. The van der Waals surface area contributed by atoms with E-state index in [9.17, 15) is 4.79 Å². The first kappa shape index (κ1) is 25.4. The van der Waals surface area contributed by atoms with Crippen LogP contribution in [-0.4, -0.2) is 27.3 Å². The average Bonchev–Trinajstić information content (AvgIpc) is 3.35. The van der Waals surface area contributed by atoms with E-state index < -0.39 is 6.04 Å². The molecule has 1 aliphatic rings. The first-order chi connectivity index (χ1) is 18.6. The van der Waals surface area contributed by atoms with Gasteiger partial charge in [0.2, 0.25) is 11.1 Å². The highest BCUT2D eigenvalue weighted by Gasteiger charge is 2.32. The molecule has 0 spiro atoms. The number of carbonyl (C=O) groups is 1. The molecule has 0 saturated carbocycles. The molecule has 5 rings (SSSR count). The summed E-state index contributed by atoms with van der Waals surface area (Å²) < 4.78 is 7.50. The molecule has 38 heavy (non-hydrogen) atoms. The maximum atomic E-state index is 13.7. The zero-order valence-corrected chi connectivity index (χ0v) is 22.1. The molecule has 8 heteroatoms. The van der Waals surface area contributed by atoms with Crippen molar-refractivity contribution in [3.05, 3.63) is 113 Å². The Morgan fingerprint density at radius 1 is 1.05 bits per heavy atom. The van der Waals surface area contributed by atoms with Gasteiger partial charge in [-0.3, -0.25) is 4.79 Å². The summed E-state index contributed by atoms with van der Waals surface area (Å²) in [7, 11) is 0. The highest BCUT2D eigenvalue weighted by molar-refractivity contribution is 7.98. The number of nitrogens with one attached hydrogen (secondary N) is 2. The molecule has 4 aromatic rings. The van der Waals surface area contributed by atoms with Crippen molar-refractivity contribution in [1.82, 2.24) is 14.8 Å². The summed E-state index contributed by atoms with van der Waals surface area (Å²) in [6.45, 7) is 4.31. The Labute approximate surface area is 226 Å². The van der Waals surface area contributed by atoms with Crippen LogP contribution in [0.25, 0.3) is 6.08 Å². The third-order valence-corrected chi connectivity index (χ3v) is 6.94. The van der Waals surface area contributed by atoms with Gasteiger partial charge in [0.05, 0.1) is 17.9 Å². The summed E-state index contributed by atoms with van der Waals surface area (Å²) in [5, 5.41) is 11.8. The Hall–Kier alpha value is -4.30. The quantitative estimate of drug-likeness (QED) is 0.242. The Morgan fingerprint density at radius 3 is 2.53 bits per heavy atom. The van der Waals surface area contributed by atoms with Gasteiger partial charge in [-0.2, -0.15) is 4.98 Å². The van der Waals surface area contributed by atoms with E-state index in [1.54, 1.807) is 16.4 Å². The van der Waals surface area contributed by atoms with E-state index in [2.05, 4.69) is 22.8 Å². The van der Waals surface area contributed by atoms with Crippen LogP contribution in [0.2, 0.25) is 0 Å². The molecule has 2 heterocycles. The fourth-order valence-electron chi connectivity index (χ4n) is 4.23. The third kappa shape index (κ3) is 5.81. The van der Waals surface area contributed by atoms with E-state index in [1.165, 1.54) is 5.56 Å². The molecule has 0 fully saturated rings. The lowest BCUT2D eigenvalue weighted by Crippen LogP contribution is -2.30. The van der Waals surface area contributed by atoms with Crippen molar-refractivity contribution >= 4 is 35.4 Å². The Kier molecular flexibility index (Phi) is 7.89. The second-order valence-electron chi connectivity index (χ2n) is 8.70. The van der Waals surface area contributed by atoms with Crippen molar-refractivity contribution in [3.8, 4) is 5.75 Å². The van der Waals surface area contributed by atoms with E-state index in [1.807, 2.05) is 98.8 Å². The summed E-state index contributed by atoms with van der Waals surface area (Å²) in [4.78, 5) is 18.4. The summed E-state index contributed by atoms with van der Waals surface area (Å²) in [6.07, 6.45) is 4.00. The van der Waals surface area contributed by atoms with Crippen molar-refractivity contribution in [2.45, 2.75) is 30.8 Å². The Bertz CT molecular complexity index is 1460. The fraction of sp³-hybridized carbons (Fsp3) is 0.167. The minimum absolute atomic E-state index is 0.232. The molecule has 1 unspecified atom stereocenters. The van der Waals surface area contributed by atoms with E-state index in [0.29, 0.717) is 34.7 Å². The fourth-order valence-corrected chi connectivity index (χ4v) is 5.02. The molecule has 0 aliphatic carbocycles. The van der Waals surface area contributed by atoms with Gasteiger partial charge < -0.3 is 15.4 Å². The van der Waals surface area contributed by atoms with Gasteiger partial charge in [-0.05, 0) is 37.1 Å². The predicted octanol–water partition coefficient (Wildman–Crippen LogP) is 6.56. The van der Waals surface area contributed by atoms with Crippen LogP contribution in [0.5, 0.6) is 5.75 Å². The maximum Gasteiger partial charge on any atom is 0.255 e. The van der Waals surface area contributed by atoms with E-state index in [4.69, 9.17) is 14.8 Å². The largest absolute Gasteiger partial charge is 0.492 e. The number of thioether (sulfide) groups is 1. The first-order valence-electron chi connectivity index (χ1n) is 12.5. The van der Waals surface area contributed by atoms with Gasteiger partial charge in [-0.25, -0.2) is 4.68 Å². The third-order valence-electron chi connectivity index (χ3n) is 6.04. The molecule has 0 saturated heterocycles. The lowest BCUT2D eigenvalue weighted by Gasteiger charge is -2.26. The zero-order chi connectivity index (χ0) is 26.3. The van der Waals surface area contributed by atoms with Crippen molar-refractivity contribution in [1.29, 1.82) is 0 Å². The highest BCUT2D eigenvalue weighted by Crippen LogP contribution is 2.35. The minimum atomic E-state index is -0.454. The van der Waals surface area contributed by atoms with Crippen molar-refractivity contribution in [2.24, 2.45) is 0 Å². The van der Waals surface area contributed by atoms with Crippen molar-refractivity contribution < 1.29 is 9.53 Å². The number of rotatable bonds is 9. The number of hydrogen-bond donors (Lipinski definition) is 2. The summed E-state index contributed by atoms with van der Waals surface area (Å²) in [5.41, 5.74) is 4.12. The number of hydrogen-bond acceptors (Lipinski definition) is 6. The van der Waals surface area contributed by atoms with Gasteiger partial charge in [0.1, 0.15) is 11.8 Å². The number of benzene rings is 3. The van der Waals surface area contributed by atoms with Crippen LogP contribution < -0.4 is 15.4 Å². The van der Waals surface area contributed by atoms with Gasteiger partial charge in [-0.1, -0.05) is 96.7 Å². The molecule has 1 atom stereocenters. The van der Waals surface area contributed by atoms with Gasteiger partial charge in [0.15, 0.2) is 0 Å². The van der Waals surface area contributed by atoms with Gasteiger partial charge in [0.25, 0.3) is 5.91 Å². The van der Waals surface area contributed by atoms with Crippen LogP contribution in [0.15, 0.2) is 107 Å². The zero-order valence-electron chi connectivity index (χ0n) is 21.3. The first-order valence-corrected chi connectivity index (χ1v) is 13.5. The lowest BCUT2D eigenvalue weighted by atomic mass is 10.0. The van der Waals surface area contributed by atoms with Crippen LogP contribution in [0.1, 0.15) is 31.0 Å². The van der Waals surface area contributed by atoms with Crippen LogP contribution in [0.4, 0.5) is 11.6 Å². The monoisotopic (exact) mass is 523 g/mol. The average molecular weight is 524 g/mol. The number of aromatic nitrogens is 3. The number of fused-ring (bicyclic) bond motifs is 1. The Morgan fingerprint density at radius 2 is 1.76 bits per heavy atom. The molecule has 192 valence electrons. The molecule has 7 nitrogen and oxygen atoms in total. The Balaban J connectivity index is 1.46. The molecule has 0 bridgehead atoms. The molecule has 1 aromatic heterocycles. The van der Waals surface area contributed by atoms with Gasteiger partial charge in [0, 0.05) is 11.4 Å². The van der Waals surface area contributed by atoms with Crippen molar-refractivity contribution in [3.63, 3.8) is 0 Å². The molecular weight excluding hydrogens is 494 g/mol. The molecule has 1 aliphatic heterocycles. The second-order valence-corrected chi connectivity index (χ2v) is 9.64. The van der Waals surface area contributed by atoms with Gasteiger partial charge >= 0.3 is 0 Å². The van der Waals surface area contributed by atoms with Crippen LogP contribution >= 0.6 is 11.8 Å². The number of anilines is 2. The number of amides is 1. The standard InChI is InChI=1S/C30H29N5O2S/c1-3-37-26-17-11-10-16-24(26)32-28(36)27-21(2)31-29-33-30(38-20-23-14-8-5-9-15-23)34-35(29)25(27)19-18-22-12-6-4-7-13-22/h4-19,25H,3,20H2,1-2H3,(H,32,36)(H,31,33,34)/b19-18+. The smallest absolute Gasteiger partial charge is 0.255 e. The van der Waals surface area contributed by atoms with Gasteiger partial charge in [-0.15, -0.1) is 5.10 Å². The predicted molar refractivity (Wildman–Crippen MR) is 153 cm³/mol. The molecule has 1 amide bonds. The van der Waals surface area contributed by atoms with E-state index >= 15 is 0 Å². The number of nitrogens with zero attached hydrogens (tertiary/aromatic N) is 3. The normalized spacial score (nSPS) is 14.7. The SMILES string of the molecule is CCOc1ccccc1NC(=O)C1=C(C)Nc2nc(SCc3ccccc3)nn2C1/C=C/c1ccccc1. The van der Waals surface area contributed by atoms with Crippen molar-refractivity contribution in [2.75, 3.05) is 17.2 Å². The number of carbonyl (C=O) groups excluding carboxylic acids is 1. The van der Waals surface area contributed by atoms with Crippen LogP contribution in [0, 0.1) is 0 Å².